The second kappa shape index (κ2) is 13.3. The van der Waals surface area contributed by atoms with Crippen molar-refractivity contribution in [3.8, 4) is 5.75 Å². The van der Waals surface area contributed by atoms with E-state index in [0.29, 0.717) is 12.6 Å². The standard InChI is InChI=1S/C30H39F2N5O5/c1-34-25-5-3-2-4-21(25)18-36(9-8-35-12-14-42-15-13-35)10-11-37-19-23(27(38)28(39)26(37)30(34)41)29(40)33-17-20-6-7-22(31)16-24(20)32/h6-7,16,19,21,25,39H,2-5,8-15,17-18H2,1H3,(H,33,40)/t21-,25-/m0/s1. The molecule has 2 aliphatic heterocycles. The SMILES string of the molecule is CN1C(=O)c2c(O)c(=O)c(C(=O)NCc3ccc(F)cc3F)cn2CCN(CCN2CCOCC2)C[C@@H]2CCCC[C@@H]21. The van der Waals surface area contributed by atoms with Crippen molar-refractivity contribution in [3.05, 3.63) is 63.1 Å². The fourth-order valence-corrected chi connectivity index (χ4v) is 6.36. The third-order valence-corrected chi connectivity index (χ3v) is 8.83. The summed E-state index contributed by atoms with van der Waals surface area (Å²) in [6.07, 6.45) is 5.25. The number of hydrogen-bond donors (Lipinski definition) is 2. The van der Waals surface area contributed by atoms with Crippen LogP contribution < -0.4 is 10.7 Å². The second-order valence-corrected chi connectivity index (χ2v) is 11.5. The van der Waals surface area contributed by atoms with Crippen molar-refractivity contribution in [2.45, 2.75) is 44.8 Å². The van der Waals surface area contributed by atoms with Crippen molar-refractivity contribution >= 4 is 11.8 Å². The molecule has 5 rings (SSSR count). The minimum Gasteiger partial charge on any atom is -0.503 e. The molecule has 2 N–H and O–H groups in total. The Labute approximate surface area is 243 Å². The summed E-state index contributed by atoms with van der Waals surface area (Å²) in [5.74, 6) is -3.36. The highest BCUT2D eigenvalue weighted by molar-refractivity contribution is 5.98. The lowest BCUT2D eigenvalue weighted by molar-refractivity contribution is 0.0284. The Morgan fingerprint density at radius 1 is 1.05 bits per heavy atom. The molecule has 2 atom stereocenters. The van der Waals surface area contributed by atoms with Crippen molar-refractivity contribution < 1.29 is 28.2 Å². The van der Waals surface area contributed by atoms with Gasteiger partial charge in [-0.15, -0.1) is 0 Å². The molecule has 1 aliphatic carbocycles. The number of benzene rings is 1. The summed E-state index contributed by atoms with van der Waals surface area (Å²) < 4.78 is 34.3. The first-order valence-electron chi connectivity index (χ1n) is 14.7. The van der Waals surface area contributed by atoms with Crippen molar-refractivity contribution in [3.63, 3.8) is 0 Å². The lowest BCUT2D eigenvalue weighted by atomic mass is 9.83. The first kappa shape index (κ1) is 30.1. The number of ether oxygens (including phenoxy) is 1. The normalized spacial score (nSPS) is 22.4. The average molecular weight is 588 g/mol. The topological polar surface area (TPSA) is 107 Å². The minimum absolute atomic E-state index is 0.0354. The number of carbonyl (C=O) groups excluding carboxylic acids is 2. The van der Waals surface area contributed by atoms with Crippen LogP contribution in [0.5, 0.6) is 5.75 Å². The summed E-state index contributed by atoms with van der Waals surface area (Å²) in [6.45, 7) is 6.27. The number of morpholine rings is 1. The molecule has 228 valence electrons. The van der Waals surface area contributed by atoms with Crippen LogP contribution in [0, 0.1) is 17.6 Å². The van der Waals surface area contributed by atoms with Gasteiger partial charge in [-0.2, -0.15) is 0 Å². The van der Waals surface area contributed by atoms with Crippen molar-refractivity contribution in [1.29, 1.82) is 0 Å². The number of hydrogen-bond acceptors (Lipinski definition) is 7. The second-order valence-electron chi connectivity index (χ2n) is 11.5. The van der Waals surface area contributed by atoms with Gasteiger partial charge in [-0.1, -0.05) is 18.9 Å². The molecule has 3 heterocycles. The highest BCUT2D eigenvalue weighted by Gasteiger charge is 2.36. The Morgan fingerprint density at radius 3 is 2.55 bits per heavy atom. The molecule has 0 bridgehead atoms. The molecule has 10 nitrogen and oxygen atoms in total. The van der Waals surface area contributed by atoms with E-state index in [-0.39, 0.29) is 41.9 Å². The Kier molecular flexibility index (Phi) is 9.54. The third-order valence-electron chi connectivity index (χ3n) is 8.83. The van der Waals surface area contributed by atoms with E-state index in [2.05, 4.69) is 15.1 Å². The van der Waals surface area contributed by atoms with Crippen LogP contribution in [-0.4, -0.2) is 102 Å². The van der Waals surface area contributed by atoms with Crippen LogP contribution in [0.2, 0.25) is 0 Å². The van der Waals surface area contributed by atoms with Gasteiger partial charge in [0.2, 0.25) is 5.43 Å². The lowest BCUT2D eigenvalue weighted by Gasteiger charge is -2.42. The van der Waals surface area contributed by atoms with E-state index in [9.17, 15) is 28.3 Å². The quantitative estimate of drug-likeness (QED) is 0.533. The minimum atomic E-state index is -0.971. The summed E-state index contributed by atoms with van der Waals surface area (Å²) in [6, 6.07) is 2.96. The van der Waals surface area contributed by atoms with Crippen LogP contribution in [-0.2, 0) is 17.8 Å². The molecule has 42 heavy (non-hydrogen) atoms. The number of fused-ring (bicyclic) bond motifs is 2. The molecule has 1 aromatic heterocycles. The number of aromatic hydroxyl groups is 1. The first-order valence-corrected chi connectivity index (χ1v) is 14.7. The zero-order valence-corrected chi connectivity index (χ0v) is 24.0. The molecule has 1 aromatic carbocycles. The molecule has 2 amide bonds. The molecule has 3 aliphatic rings. The molecule has 0 unspecified atom stereocenters. The lowest BCUT2D eigenvalue weighted by Crippen LogP contribution is -2.51. The third kappa shape index (κ3) is 6.66. The molecular weight excluding hydrogens is 548 g/mol. The summed E-state index contributed by atoms with van der Waals surface area (Å²) in [5.41, 5.74) is -1.42. The zero-order valence-electron chi connectivity index (χ0n) is 24.0. The van der Waals surface area contributed by atoms with Gasteiger partial charge < -0.3 is 24.6 Å². The summed E-state index contributed by atoms with van der Waals surface area (Å²) in [5, 5.41) is 13.5. The molecule has 2 fully saturated rings. The monoisotopic (exact) mass is 587 g/mol. The molecule has 2 aromatic rings. The maximum absolute atomic E-state index is 14.1. The van der Waals surface area contributed by atoms with Gasteiger partial charge in [0.15, 0.2) is 11.4 Å². The van der Waals surface area contributed by atoms with Gasteiger partial charge in [0.25, 0.3) is 11.8 Å². The van der Waals surface area contributed by atoms with E-state index in [0.717, 1.165) is 77.7 Å². The number of aromatic nitrogens is 1. The Hall–Kier alpha value is -3.35. The highest BCUT2D eigenvalue weighted by atomic mass is 19.1. The molecule has 12 heteroatoms. The van der Waals surface area contributed by atoms with Crippen LogP contribution in [0.4, 0.5) is 8.78 Å². The largest absolute Gasteiger partial charge is 0.503 e. The number of rotatable bonds is 6. The summed E-state index contributed by atoms with van der Waals surface area (Å²) in [4.78, 5) is 46.4. The number of nitrogens with zero attached hydrogens (tertiary/aromatic N) is 4. The molecular formula is C30H39F2N5O5. The van der Waals surface area contributed by atoms with E-state index >= 15 is 0 Å². The van der Waals surface area contributed by atoms with E-state index in [1.54, 1.807) is 11.9 Å². The van der Waals surface area contributed by atoms with Crippen LogP contribution >= 0.6 is 0 Å². The maximum atomic E-state index is 14.1. The van der Waals surface area contributed by atoms with E-state index < -0.39 is 34.6 Å². The number of halogens is 2. The van der Waals surface area contributed by atoms with Gasteiger partial charge >= 0.3 is 0 Å². The summed E-state index contributed by atoms with van der Waals surface area (Å²) in [7, 11) is 1.72. The molecule has 0 spiro atoms. The van der Waals surface area contributed by atoms with Crippen molar-refractivity contribution in [2.24, 2.45) is 5.92 Å². The summed E-state index contributed by atoms with van der Waals surface area (Å²) >= 11 is 0. The fraction of sp³-hybridized carbons (Fsp3) is 0.567. The van der Waals surface area contributed by atoms with Crippen LogP contribution in [0.25, 0.3) is 0 Å². The van der Waals surface area contributed by atoms with Gasteiger partial charge in [-0.3, -0.25) is 24.2 Å². The van der Waals surface area contributed by atoms with Gasteiger partial charge in [0, 0.05) is 83.3 Å². The number of carbonyl (C=O) groups is 2. The van der Waals surface area contributed by atoms with Crippen molar-refractivity contribution in [2.75, 3.05) is 59.5 Å². The van der Waals surface area contributed by atoms with Gasteiger partial charge in [0.1, 0.15) is 17.2 Å². The number of pyridine rings is 1. The van der Waals surface area contributed by atoms with Crippen LogP contribution in [0.15, 0.2) is 29.2 Å². The maximum Gasteiger partial charge on any atom is 0.274 e. The molecule has 1 saturated carbocycles. The Morgan fingerprint density at radius 2 is 1.79 bits per heavy atom. The number of nitrogens with one attached hydrogen (secondary N) is 1. The highest BCUT2D eigenvalue weighted by Crippen LogP contribution is 2.31. The Balaban J connectivity index is 1.42. The molecule has 0 radical (unpaired) electrons. The zero-order chi connectivity index (χ0) is 29.8. The fourth-order valence-electron chi connectivity index (χ4n) is 6.36. The van der Waals surface area contributed by atoms with Crippen LogP contribution in [0.3, 0.4) is 0 Å². The Bertz CT molecular complexity index is 1360. The molecule has 1 saturated heterocycles. The van der Waals surface area contributed by atoms with Crippen LogP contribution in [0.1, 0.15) is 52.1 Å². The average Bonchev–Trinajstić information content (AvgIpc) is 2.99. The van der Waals surface area contributed by atoms with E-state index in [4.69, 9.17) is 4.74 Å². The van der Waals surface area contributed by atoms with E-state index in [1.165, 1.54) is 16.8 Å². The smallest absolute Gasteiger partial charge is 0.274 e. The van der Waals surface area contributed by atoms with Crippen molar-refractivity contribution in [1.82, 2.24) is 24.6 Å². The number of amides is 2. The predicted molar refractivity (Wildman–Crippen MR) is 151 cm³/mol. The predicted octanol–water partition coefficient (Wildman–Crippen LogP) is 2.04. The van der Waals surface area contributed by atoms with Gasteiger partial charge in [0.05, 0.1) is 13.2 Å². The van der Waals surface area contributed by atoms with E-state index in [1.807, 2.05) is 0 Å². The first-order chi connectivity index (χ1) is 20.2. The van der Waals surface area contributed by atoms with Gasteiger partial charge in [-0.05, 0) is 24.8 Å². The van der Waals surface area contributed by atoms with Gasteiger partial charge in [-0.25, -0.2) is 8.78 Å².